The first-order valence-electron chi connectivity index (χ1n) is 15.4. The largest absolute Gasteiger partial charge is 0.455 e. The van der Waals surface area contributed by atoms with Gasteiger partial charge in [0.05, 0.1) is 0 Å². The average Bonchev–Trinajstić information content (AvgIpc) is 3.51. The normalized spacial score (nSPS) is 11.6. The van der Waals surface area contributed by atoms with Gasteiger partial charge in [0.15, 0.2) is 0 Å². The summed E-state index contributed by atoms with van der Waals surface area (Å²) in [6, 6.07) is 60.8. The monoisotopic (exact) mass is 572 g/mol. The molecule has 0 aliphatic heterocycles. The molecule has 1 heteroatoms. The van der Waals surface area contributed by atoms with Gasteiger partial charge in [-0.2, -0.15) is 0 Å². The summed E-state index contributed by atoms with van der Waals surface area (Å²) < 4.78 is 6.53. The van der Waals surface area contributed by atoms with Gasteiger partial charge in [-0.05, 0) is 66.2 Å². The van der Waals surface area contributed by atoms with E-state index in [9.17, 15) is 0 Å². The minimum atomic E-state index is 0.898. The first kappa shape index (κ1) is 25.6. The van der Waals surface area contributed by atoms with Crippen molar-refractivity contribution in [2.75, 3.05) is 0 Å². The molecule has 0 fully saturated rings. The van der Waals surface area contributed by atoms with Gasteiger partial charge in [0.25, 0.3) is 0 Å². The highest BCUT2D eigenvalue weighted by Gasteiger charge is 2.20. The van der Waals surface area contributed by atoms with Crippen LogP contribution in [0.15, 0.2) is 174 Å². The molecule has 0 aliphatic carbocycles. The molecule has 0 aliphatic rings. The van der Waals surface area contributed by atoms with E-state index in [1.165, 1.54) is 54.6 Å². The van der Waals surface area contributed by atoms with Crippen molar-refractivity contribution >= 4 is 43.3 Å². The van der Waals surface area contributed by atoms with Crippen LogP contribution < -0.4 is 0 Å². The lowest BCUT2D eigenvalue weighted by atomic mass is 9.84. The smallest absolute Gasteiger partial charge is 0.143 e. The number of benzene rings is 8. The number of hydrogen-bond acceptors (Lipinski definition) is 1. The van der Waals surface area contributed by atoms with E-state index in [1.807, 2.05) is 6.07 Å². The minimum absolute atomic E-state index is 0.898. The number of fused-ring (bicyclic) bond motifs is 4. The molecule has 45 heavy (non-hydrogen) atoms. The Morgan fingerprint density at radius 3 is 1.47 bits per heavy atom. The second kappa shape index (κ2) is 10.4. The standard InChI is InChI=1S/C44H28O/c1-2-14-30(15-3-1)42-39-22-10-11-24-40(39)45-44(42)32-27-25-31(26-28-32)41-35-18-6-8-20-37(35)43(38-21-9-7-19-36(38)41)34-23-12-16-29-13-4-5-17-33(29)34/h1-28H. The molecule has 0 spiro atoms. The fraction of sp³-hybridized carbons (Fsp3) is 0. The Morgan fingerprint density at radius 2 is 0.778 bits per heavy atom. The summed E-state index contributed by atoms with van der Waals surface area (Å²) in [6.45, 7) is 0. The average molecular weight is 573 g/mol. The van der Waals surface area contributed by atoms with E-state index in [1.54, 1.807) is 0 Å². The van der Waals surface area contributed by atoms with E-state index < -0.39 is 0 Å². The zero-order valence-corrected chi connectivity index (χ0v) is 24.6. The van der Waals surface area contributed by atoms with Crippen molar-refractivity contribution < 1.29 is 4.42 Å². The van der Waals surface area contributed by atoms with Crippen LogP contribution in [0.4, 0.5) is 0 Å². The topological polar surface area (TPSA) is 13.1 Å². The van der Waals surface area contributed by atoms with Crippen molar-refractivity contribution in [2.45, 2.75) is 0 Å². The Hall–Kier alpha value is -5.92. The summed E-state index contributed by atoms with van der Waals surface area (Å²) in [5.41, 5.74) is 9.24. The van der Waals surface area contributed by atoms with Gasteiger partial charge in [-0.25, -0.2) is 0 Å². The predicted octanol–water partition coefficient (Wildman–Crippen LogP) is 12.6. The highest BCUT2D eigenvalue weighted by molar-refractivity contribution is 6.23. The lowest BCUT2D eigenvalue weighted by molar-refractivity contribution is 0.632. The Morgan fingerprint density at radius 1 is 0.289 bits per heavy atom. The van der Waals surface area contributed by atoms with Crippen LogP contribution in [0.5, 0.6) is 0 Å². The third kappa shape index (κ3) is 4.09. The molecule has 0 bridgehead atoms. The van der Waals surface area contributed by atoms with Crippen molar-refractivity contribution in [2.24, 2.45) is 0 Å². The van der Waals surface area contributed by atoms with Gasteiger partial charge in [-0.3, -0.25) is 0 Å². The molecule has 1 nitrogen and oxygen atoms in total. The summed E-state index contributed by atoms with van der Waals surface area (Å²) in [6.07, 6.45) is 0. The Balaban J connectivity index is 1.27. The minimum Gasteiger partial charge on any atom is -0.455 e. The van der Waals surface area contributed by atoms with Crippen molar-refractivity contribution in [1.29, 1.82) is 0 Å². The van der Waals surface area contributed by atoms with E-state index in [-0.39, 0.29) is 0 Å². The van der Waals surface area contributed by atoms with Gasteiger partial charge in [0.1, 0.15) is 11.3 Å². The SMILES string of the molecule is c1ccc(-c2c(-c3ccc(-c4c5ccccc5c(-c5cccc6ccccc56)c5ccccc45)cc3)oc3ccccc23)cc1. The maximum absolute atomic E-state index is 6.53. The predicted molar refractivity (Wildman–Crippen MR) is 190 cm³/mol. The van der Waals surface area contributed by atoms with Gasteiger partial charge in [-0.1, -0.05) is 164 Å². The fourth-order valence-corrected chi connectivity index (χ4v) is 7.10. The summed E-state index contributed by atoms with van der Waals surface area (Å²) in [5.74, 6) is 0.898. The molecule has 9 aromatic rings. The van der Waals surface area contributed by atoms with Crippen LogP contribution in [-0.4, -0.2) is 0 Å². The first-order chi connectivity index (χ1) is 22.3. The summed E-state index contributed by atoms with van der Waals surface area (Å²) in [5, 5.41) is 8.67. The molecule has 0 saturated heterocycles. The summed E-state index contributed by atoms with van der Waals surface area (Å²) in [7, 11) is 0. The van der Waals surface area contributed by atoms with Crippen molar-refractivity contribution in [1.82, 2.24) is 0 Å². The Kier molecular flexibility index (Phi) is 5.89. The van der Waals surface area contributed by atoms with Crippen LogP contribution in [0.1, 0.15) is 0 Å². The quantitative estimate of drug-likeness (QED) is 0.191. The number of furan rings is 1. The number of para-hydroxylation sites is 1. The van der Waals surface area contributed by atoms with Crippen LogP contribution in [0.3, 0.4) is 0 Å². The summed E-state index contributed by atoms with van der Waals surface area (Å²) in [4.78, 5) is 0. The molecular weight excluding hydrogens is 544 g/mol. The molecule has 210 valence electrons. The van der Waals surface area contributed by atoms with E-state index in [2.05, 4.69) is 164 Å². The van der Waals surface area contributed by atoms with Crippen LogP contribution >= 0.6 is 0 Å². The molecule has 0 unspecified atom stereocenters. The van der Waals surface area contributed by atoms with Crippen LogP contribution in [-0.2, 0) is 0 Å². The Labute approximate surface area is 261 Å². The van der Waals surface area contributed by atoms with E-state index in [4.69, 9.17) is 4.42 Å². The van der Waals surface area contributed by atoms with Crippen LogP contribution in [0.25, 0.3) is 88.0 Å². The van der Waals surface area contributed by atoms with Crippen LogP contribution in [0.2, 0.25) is 0 Å². The lowest BCUT2D eigenvalue weighted by Gasteiger charge is -2.19. The molecule has 1 aromatic heterocycles. The van der Waals surface area contributed by atoms with Crippen molar-refractivity contribution in [3.8, 4) is 44.7 Å². The van der Waals surface area contributed by atoms with Gasteiger partial charge in [0, 0.05) is 16.5 Å². The molecule has 0 amide bonds. The molecule has 0 atom stereocenters. The third-order valence-electron chi connectivity index (χ3n) is 9.08. The van der Waals surface area contributed by atoms with Gasteiger partial charge < -0.3 is 4.42 Å². The first-order valence-corrected chi connectivity index (χ1v) is 15.4. The third-order valence-corrected chi connectivity index (χ3v) is 9.08. The highest BCUT2D eigenvalue weighted by Crippen LogP contribution is 2.46. The van der Waals surface area contributed by atoms with Crippen LogP contribution in [0, 0.1) is 0 Å². The Bertz CT molecular complexity index is 2450. The lowest BCUT2D eigenvalue weighted by Crippen LogP contribution is -1.91. The molecule has 0 N–H and O–H groups in total. The second-order valence-corrected chi connectivity index (χ2v) is 11.6. The highest BCUT2D eigenvalue weighted by atomic mass is 16.3. The fourth-order valence-electron chi connectivity index (χ4n) is 7.10. The maximum atomic E-state index is 6.53. The van der Waals surface area contributed by atoms with E-state index in [0.29, 0.717) is 0 Å². The van der Waals surface area contributed by atoms with Crippen molar-refractivity contribution in [3.63, 3.8) is 0 Å². The molecule has 0 radical (unpaired) electrons. The second-order valence-electron chi connectivity index (χ2n) is 11.6. The number of rotatable bonds is 4. The van der Waals surface area contributed by atoms with Crippen molar-refractivity contribution in [3.05, 3.63) is 170 Å². The molecule has 1 heterocycles. The zero-order chi connectivity index (χ0) is 29.7. The summed E-state index contributed by atoms with van der Waals surface area (Å²) >= 11 is 0. The van der Waals surface area contributed by atoms with Gasteiger partial charge in [-0.15, -0.1) is 0 Å². The van der Waals surface area contributed by atoms with E-state index in [0.717, 1.165) is 33.4 Å². The molecular formula is C44H28O. The molecule has 8 aromatic carbocycles. The molecule has 9 rings (SSSR count). The van der Waals surface area contributed by atoms with E-state index >= 15 is 0 Å². The van der Waals surface area contributed by atoms with Gasteiger partial charge >= 0.3 is 0 Å². The van der Waals surface area contributed by atoms with Gasteiger partial charge in [0.2, 0.25) is 0 Å². The molecule has 0 saturated carbocycles. The maximum Gasteiger partial charge on any atom is 0.143 e. The number of hydrogen-bond donors (Lipinski definition) is 0. The zero-order valence-electron chi connectivity index (χ0n) is 24.6.